The number of likely N-dealkylation sites (tertiary alicyclic amines) is 1. The van der Waals surface area contributed by atoms with Gasteiger partial charge in [0, 0.05) is 6.54 Å². The van der Waals surface area contributed by atoms with E-state index in [0.29, 0.717) is 0 Å². The maximum atomic E-state index is 2.62. The molecule has 0 amide bonds. The molecular formula is C15H25N. The number of hydrogen-bond acceptors (Lipinski definition) is 1. The minimum atomic E-state index is 0.825. The molecule has 0 N–H and O–H groups in total. The molecule has 2 aliphatic rings. The summed E-state index contributed by atoms with van der Waals surface area (Å²) in [5.41, 5.74) is 0. The standard InChI is InChI=1S/C15H25N/c1-3-9-15(10-4-1)11-5-8-14-16-12-6-2-7-13-16/h1,3,5,11,15H,2,4,6-10,12-14H2/b11-5-. The summed E-state index contributed by atoms with van der Waals surface area (Å²) in [7, 11) is 0. The first-order valence-corrected chi connectivity index (χ1v) is 6.99. The summed E-state index contributed by atoms with van der Waals surface area (Å²) in [4.78, 5) is 2.62. The first kappa shape index (κ1) is 11.9. The molecule has 0 aromatic heterocycles. The second-order valence-electron chi connectivity index (χ2n) is 5.16. The molecule has 2 rings (SSSR count). The minimum Gasteiger partial charge on any atom is -0.303 e. The second-order valence-corrected chi connectivity index (χ2v) is 5.16. The molecule has 0 aromatic carbocycles. The van der Waals surface area contributed by atoms with Gasteiger partial charge in [-0.15, -0.1) is 0 Å². The molecule has 1 unspecified atom stereocenters. The van der Waals surface area contributed by atoms with Gasteiger partial charge < -0.3 is 4.90 Å². The molecule has 0 radical (unpaired) electrons. The van der Waals surface area contributed by atoms with Gasteiger partial charge in [-0.2, -0.15) is 0 Å². The van der Waals surface area contributed by atoms with Gasteiger partial charge in [0.25, 0.3) is 0 Å². The number of rotatable bonds is 4. The summed E-state index contributed by atoms with van der Waals surface area (Å²) in [5, 5.41) is 0. The Hall–Kier alpha value is -0.560. The van der Waals surface area contributed by atoms with Crippen LogP contribution in [0.2, 0.25) is 0 Å². The summed E-state index contributed by atoms with van der Waals surface area (Å²) in [6.45, 7) is 3.94. The van der Waals surface area contributed by atoms with Crippen LogP contribution in [-0.2, 0) is 0 Å². The van der Waals surface area contributed by atoms with Crippen molar-refractivity contribution in [1.82, 2.24) is 4.90 Å². The van der Waals surface area contributed by atoms with E-state index in [-0.39, 0.29) is 0 Å². The molecule has 0 bridgehead atoms. The number of hydrogen-bond donors (Lipinski definition) is 0. The smallest absolute Gasteiger partial charge is 0.00159 e. The quantitative estimate of drug-likeness (QED) is 0.650. The lowest BCUT2D eigenvalue weighted by Crippen LogP contribution is -2.30. The molecule has 16 heavy (non-hydrogen) atoms. The fraction of sp³-hybridized carbons (Fsp3) is 0.733. The third-order valence-corrected chi connectivity index (χ3v) is 3.78. The number of nitrogens with zero attached hydrogens (tertiary/aromatic N) is 1. The number of allylic oxidation sites excluding steroid dienone is 3. The van der Waals surface area contributed by atoms with Gasteiger partial charge in [0.15, 0.2) is 0 Å². The van der Waals surface area contributed by atoms with Crippen molar-refractivity contribution in [1.29, 1.82) is 0 Å². The van der Waals surface area contributed by atoms with Crippen LogP contribution >= 0.6 is 0 Å². The summed E-state index contributed by atoms with van der Waals surface area (Å²) >= 11 is 0. The maximum Gasteiger partial charge on any atom is 0.00159 e. The van der Waals surface area contributed by atoms with E-state index in [9.17, 15) is 0 Å². The zero-order chi connectivity index (χ0) is 11.1. The Morgan fingerprint density at radius 1 is 1.12 bits per heavy atom. The molecule has 1 heteroatoms. The highest BCUT2D eigenvalue weighted by Crippen LogP contribution is 2.19. The van der Waals surface area contributed by atoms with Crippen molar-refractivity contribution in [3.05, 3.63) is 24.3 Å². The lowest BCUT2D eigenvalue weighted by Gasteiger charge is -2.25. The van der Waals surface area contributed by atoms with Gasteiger partial charge in [-0.05, 0) is 57.5 Å². The van der Waals surface area contributed by atoms with Crippen molar-refractivity contribution in [2.75, 3.05) is 19.6 Å². The van der Waals surface area contributed by atoms with Crippen molar-refractivity contribution < 1.29 is 0 Å². The maximum absolute atomic E-state index is 2.62. The van der Waals surface area contributed by atoms with Crippen molar-refractivity contribution in [2.45, 2.75) is 44.9 Å². The summed E-state index contributed by atoms with van der Waals surface area (Å²) in [6.07, 6.45) is 18.9. The van der Waals surface area contributed by atoms with Crippen LogP contribution in [0.3, 0.4) is 0 Å². The molecule has 1 aliphatic heterocycles. The Morgan fingerprint density at radius 2 is 2.00 bits per heavy atom. The first-order chi connectivity index (χ1) is 7.95. The van der Waals surface area contributed by atoms with Gasteiger partial charge in [0.05, 0.1) is 0 Å². The molecule has 1 saturated heterocycles. The third-order valence-electron chi connectivity index (χ3n) is 3.78. The number of piperidine rings is 1. The predicted molar refractivity (Wildman–Crippen MR) is 70.5 cm³/mol. The van der Waals surface area contributed by atoms with Gasteiger partial charge in [0.1, 0.15) is 0 Å². The topological polar surface area (TPSA) is 3.24 Å². The highest BCUT2D eigenvalue weighted by molar-refractivity contribution is 4.98. The van der Waals surface area contributed by atoms with E-state index in [4.69, 9.17) is 0 Å². The summed E-state index contributed by atoms with van der Waals surface area (Å²) in [5.74, 6) is 0.825. The Morgan fingerprint density at radius 3 is 2.75 bits per heavy atom. The first-order valence-electron chi connectivity index (χ1n) is 6.99. The fourth-order valence-electron chi connectivity index (χ4n) is 2.72. The van der Waals surface area contributed by atoms with Crippen molar-refractivity contribution in [3.8, 4) is 0 Å². The van der Waals surface area contributed by atoms with Gasteiger partial charge in [-0.1, -0.05) is 30.7 Å². The second kappa shape index (κ2) is 6.90. The highest BCUT2D eigenvalue weighted by atomic mass is 15.1. The molecule has 1 heterocycles. The molecular weight excluding hydrogens is 194 g/mol. The van der Waals surface area contributed by atoms with E-state index in [1.54, 1.807) is 0 Å². The van der Waals surface area contributed by atoms with Crippen LogP contribution in [0.5, 0.6) is 0 Å². The van der Waals surface area contributed by atoms with Crippen LogP contribution in [0, 0.1) is 5.92 Å². The van der Waals surface area contributed by atoms with E-state index in [2.05, 4.69) is 29.2 Å². The van der Waals surface area contributed by atoms with Crippen LogP contribution in [0.4, 0.5) is 0 Å². The SMILES string of the molecule is C1=CCC(/C=C\CCN2CCCCC2)CC1. The molecule has 0 saturated carbocycles. The zero-order valence-electron chi connectivity index (χ0n) is 10.4. The van der Waals surface area contributed by atoms with Crippen molar-refractivity contribution >= 4 is 0 Å². The normalized spacial score (nSPS) is 27.6. The fourth-order valence-corrected chi connectivity index (χ4v) is 2.72. The van der Waals surface area contributed by atoms with Crippen LogP contribution in [-0.4, -0.2) is 24.5 Å². The van der Waals surface area contributed by atoms with Gasteiger partial charge in [-0.3, -0.25) is 0 Å². The Kier molecular flexibility index (Phi) is 5.14. The zero-order valence-corrected chi connectivity index (χ0v) is 10.4. The Bertz CT molecular complexity index is 236. The summed E-state index contributed by atoms with van der Waals surface area (Å²) < 4.78 is 0. The lowest BCUT2D eigenvalue weighted by molar-refractivity contribution is 0.233. The van der Waals surface area contributed by atoms with Gasteiger partial charge in [-0.25, -0.2) is 0 Å². The van der Waals surface area contributed by atoms with Gasteiger partial charge in [0.2, 0.25) is 0 Å². The molecule has 0 aromatic rings. The lowest BCUT2D eigenvalue weighted by atomic mass is 9.94. The van der Waals surface area contributed by atoms with E-state index in [1.807, 2.05) is 0 Å². The Balaban J connectivity index is 1.59. The third kappa shape index (κ3) is 4.13. The van der Waals surface area contributed by atoms with E-state index < -0.39 is 0 Å². The molecule has 1 atom stereocenters. The van der Waals surface area contributed by atoms with Crippen molar-refractivity contribution in [3.63, 3.8) is 0 Å². The van der Waals surface area contributed by atoms with E-state index in [0.717, 1.165) is 5.92 Å². The predicted octanol–water partition coefficient (Wildman–Crippen LogP) is 3.77. The Labute approximate surface area is 100 Å². The average Bonchev–Trinajstić information content (AvgIpc) is 2.37. The van der Waals surface area contributed by atoms with E-state index in [1.165, 1.54) is 64.6 Å². The average molecular weight is 219 g/mol. The molecule has 0 spiro atoms. The summed E-state index contributed by atoms with van der Waals surface area (Å²) in [6, 6.07) is 0. The minimum absolute atomic E-state index is 0.825. The largest absolute Gasteiger partial charge is 0.303 e. The van der Waals surface area contributed by atoms with Crippen LogP contribution in [0.15, 0.2) is 24.3 Å². The van der Waals surface area contributed by atoms with Crippen LogP contribution in [0.25, 0.3) is 0 Å². The highest BCUT2D eigenvalue weighted by Gasteiger charge is 2.08. The van der Waals surface area contributed by atoms with Crippen LogP contribution < -0.4 is 0 Å². The van der Waals surface area contributed by atoms with Gasteiger partial charge >= 0.3 is 0 Å². The molecule has 90 valence electrons. The van der Waals surface area contributed by atoms with E-state index >= 15 is 0 Å². The van der Waals surface area contributed by atoms with Crippen LogP contribution in [0.1, 0.15) is 44.9 Å². The van der Waals surface area contributed by atoms with Crippen molar-refractivity contribution in [2.24, 2.45) is 5.92 Å². The molecule has 1 fully saturated rings. The molecule has 1 nitrogen and oxygen atoms in total. The monoisotopic (exact) mass is 219 g/mol. The molecule has 1 aliphatic carbocycles.